The van der Waals surface area contributed by atoms with Crippen molar-refractivity contribution in [3.63, 3.8) is 0 Å². The van der Waals surface area contributed by atoms with Gasteiger partial charge in [0.15, 0.2) is 0 Å². The molecule has 1 aliphatic heterocycles. The van der Waals surface area contributed by atoms with Gasteiger partial charge in [-0.25, -0.2) is 13.2 Å². The van der Waals surface area contributed by atoms with Crippen LogP contribution in [0, 0.1) is 6.92 Å². The van der Waals surface area contributed by atoms with E-state index in [0.717, 1.165) is 11.1 Å². The Bertz CT molecular complexity index is 1030. The highest BCUT2D eigenvalue weighted by Crippen LogP contribution is 2.42. The van der Waals surface area contributed by atoms with E-state index in [4.69, 9.17) is 4.74 Å². The summed E-state index contributed by atoms with van der Waals surface area (Å²) in [5.74, 6) is -0.828. The first-order valence-corrected chi connectivity index (χ1v) is 11.4. The number of hydrogen-bond acceptors (Lipinski definition) is 5. The molecular formula is C23H27NO5S. The van der Waals surface area contributed by atoms with Crippen LogP contribution < -0.4 is 0 Å². The molecule has 7 heteroatoms. The van der Waals surface area contributed by atoms with Crippen LogP contribution in [0.2, 0.25) is 0 Å². The van der Waals surface area contributed by atoms with Crippen LogP contribution in [-0.2, 0) is 19.6 Å². The number of benzene rings is 2. The molecule has 2 atom stereocenters. The quantitative estimate of drug-likeness (QED) is 0.693. The van der Waals surface area contributed by atoms with Gasteiger partial charge in [-0.05, 0) is 31.0 Å². The van der Waals surface area contributed by atoms with Gasteiger partial charge < -0.3 is 9.84 Å². The van der Waals surface area contributed by atoms with Crippen molar-refractivity contribution in [2.24, 2.45) is 0 Å². The molecule has 0 spiro atoms. The number of aryl methyl sites for hydroxylation is 1. The van der Waals surface area contributed by atoms with Crippen LogP contribution in [0.15, 0.2) is 70.8 Å². The maximum absolute atomic E-state index is 13.8. The summed E-state index contributed by atoms with van der Waals surface area (Å²) in [4.78, 5) is 12.7. The molecule has 0 aliphatic carbocycles. The predicted molar refractivity (Wildman–Crippen MR) is 114 cm³/mol. The van der Waals surface area contributed by atoms with Crippen LogP contribution in [0.25, 0.3) is 0 Å². The van der Waals surface area contributed by atoms with Crippen LogP contribution in [0.1, 0.15) is 43.4 Å². The summed E-state index contributed by atoms with van der Waals surface area (Å²) in [5, 5.41) is 10.7. The molecule has 3 rings (SSSR count). The summed E-state index contributed by atoms with van der Waals surface area (Å²) in [5.41, 5.74) is 1.72. The first-order valence-electron chi connectivity index (χ1n) is 9.96. The number of rotatable bonds is 6. The fourth-order valence-corrected chi connectivity index (χ4v) is 5.74. The van der Waals surface area contributed by atoms with E-state index in [0.29, 0.717) is 12.8 Å². The highest BCUT2D eigenvalue weighted by Gasteiger charge is 2.46. The second-order valence-electron chi connectivity index (χ2n) is 7.44. The van der Waals surface area contributed by atoms with E-state index in [9.17, 15) is 18.3 Å². The molecule has 0 fully saturated rings. The number of nitrogens with zero attached hydrogens (tertiary/aromatic N) is 1. The molecule has 160 valence electrons. The van der Waals surface area contributed by atoms with Crippen molar-refractivity contribution in [2.75, 3.05) is 7.11 Å². The number of sulfonamides is 1. The summed E-state index contributed by atoms with van der Waals surface area (Å²) in [6, 6.07) is 14.4. The minimum Gasteiger partial charge on any atom is -0.512 e. The van der Waals surface area contributed by atoms with Crippen LogP contribution in [0.4, 0.5) is 0 Å². The van der Waals surface area contributed by atoms with Crippen molar-refractivity contribution in [1.82, 2.24) is 4.31 Å². The van der Waals surface area contributed by atoms with E-state index < -0.39 is 28.1 Å². The van der Waals surface area contributed by atoms with Gasteiger partial charge in [0.1, 0.15) is 5.76 Å². The van der Waals surface area contributed by atoms with E-state index >= 15 is 0 Å². The van der Waals surface area contributed by atoms with Crippen LogP contribution in [0.3, 0.4) is 0 Å². The zero-order valence-electron chi connectivity index (χ0n) is 17.4. The van der Waals surface area contributed by atoms with Crippen molar-refractivity contribution in [3.8, 4) is 0 Å². The molecule has 0 unspecified atom stereocenters. The number of esters is 1. The topological polar surface area (TPSA) is 83.9 Å². The third kappa shape index (κ3) is 4.13. The van der Waals surface area contributed by atoms with Crippen molar-refractivity contribution < 1.29 is 23.1 Å². The first-order chi connectivity index (χ1) is 14.3. The predicted octanol–water partition coefficient (Wildman–Crippen LogP) is 4.28. The number of methoxy groups -OCH3 is 1. The first kappa shape index (κ1) is 22.1. The molecular weight excluding hydrogens is 402 g/mol. The van der Waals surface area contributed by atoms with Crippen molar-refractivity contribution in [1.29, 1.82) is 0 Å². The zero-order chi connectivity index (χ0) is 21.9. The van der Waals surface area contributed by atoms with E-state index in [1.54, 1.807) is 24.3 Å². The number of ether oxygens (including phenoxy) is 1. The van der Waals surface area contributed by atoms with E-state index in [-0.39, 0.29) is 22.6 Å². The lowest BCUT2D eigenvalue weighted by molar-refractivity contribution is -0.137. The summed E-state index contributed by atoms with van der Waals surface area (Å²) in [6.07, 6.45) is 1.00. The maximum atomic E-state index is 13.8. The summed E-state index contributed by atoms with van der Waals surface area (Å²) < 4.78 is 33.9. The monoisotopic (exact) mass is 429 g/mol. The normalized spacial score (nSPS) is 20.2. The van der Waals surface area contributed by atoms with Crippen molar-refractivity contribution >= 4 is 16.0 Å². The van der Waals surface area contributed by atoms with Gasteiger partial charge in [0.25, 0.3) is 0 Å². The standard InChI is InChI=1S/C23H27NO5S/c1-4-8-19-22(23(26)29-3)21(25)15-20(17-9-6-5-7-10-17)24(19)30(27,28)18-13-11-16(2)12-14-18/h5-7,9-14,19-20,25H,4,8,15H2,1-3H3/t19-,20-/m1/s1. The fourth-order valence-electron chi connectivity index (χ4n) is 3.94. The van der Waals surface area contributed by atoms with Crippen molar-refractivity contribution in [3.05, 3.63) is 77.1 Å². The average Bonchev–Trinajstić information content (AvgIpc) is 2.74. The number of carbonyl (C=O) groups excluding carboxylic acids is 1. The smallest absolute Gasteiger partial charge is 0.338 e. The molecule has 0 radical (unpaired) electrons. The molecule has 1 aliphatic rings. The zero-order valence-corrected chi connectivity index (χ0v) is 18.2. The molecule has 1 heterocycles. The van der Waals surface area contributed by atoms with Crippen LogP contribution >= 0.6 is 0 Å². The Kier molecular flexibility index (Phi) is 6.63. The average molecular weight is 430 g/mol. The Labute approximate surface area is 177 Å². The summed E-state index contributed by atoms with van der Waals surface area (Å²) >= 11 is 0. The molecule has 30 heavy (non-hydrogen) atoms. The Balaban J connectivity index is 2.23. The Morgan fingerprint density at radius 1 is 1.13 bits per heavy atom. The van der Waals surface area contributed by atoms with Gasteiger partial charge in [-0.1, -0.05) is 61.4 Å². The second kappa shape index (κ2) is 9.02. The van der Waals surface area contributed by atoms with Gasteiger partial charge in [0.05, 0.1) is 29.7 Å². The van der Waals surface area contributed by atoms with Crippen molar-refractivity contribution in [2.45, 2.75) is 50.1 Å². The van der Waals surface area contributed by atoms with Gasteiger partial charge in [0, 0.05) is 6.42 Å². The van der Waals surface area contributed by atoms with Crippen LogP contribution in [0.5, 0.6) is 0 Å². The number of carbonyl (C=O) groups is 1. The van der Waals surface area contributed by atoms with Gasteiger partial charge in [-0.3, -0.25) is 0 Å². The minimum atomic E-state index is -3.97. The highest BCUT2D eigenvalue weighted by molar-refractivity contribution is 7.89. The lowest BCUT2D eigenvalue weighted by Crippen LogP contribution is -2.48. The summed E-state index contributed by atoms with van der Waals surface area (Å²) in [6.45, 7) is 3.80. The molecule has 0 bridgehead atoms. The Morgan fingerprint density at radius 3 is 2.33 bits per heavy atom. The lowest BCUT2D eigenvalue weighted by atomic mass is 9.89. The molecule has 0 saturated carbocycles. The number of aliphatic hydroxyl groups excluding tert-OH is 1. The third-order valence-corrected chi connectivity index (χ3v) is 7.33. The largest absolute Gasteiger partial charge is 0.512 e. The van der Waals surface area contributed by atoms with E-state index in [1.807, 2.05) is 44.2 Å². The lowest BCUT2D eigenvalue weighted by Gasteiger charge is -2.41. The van der Waals surface area contributed by atoms with E-state index in [2.05, 4.69) is 0 Å². The summed E-state index contributed by atoms with van der Waals surface area (Å²) in [7, 11) is -2.74. The highest BCUT2D eigenvalue weighted by atomic mass is 32.2. The van der Waals surface area contributed by atoms with Gasteiger partial charge >= 0.3 is 5.97 Å². The molecule has 0 aromatic heterocycles. The van der Waals surface area contributed by atoms with E-state index in [1.165, 1.54) is 11.4 Å². The Hall–Kier alpha value is -2.64. The SMILES string of the molecule is CCC[C@@H]1C(C(=O)OC)=C(O)C[C@H](c2ccccc2)N1S(=O)(=O)c1ccc(C)cc1. The minimum absolute atomic E-state index is 0.000246. The van der Waals surface area contributed by atoms with Gasteiger partial charge in [-0.2, -0.15) is 4.31 Å². The third-order valence-electron chi connectivity index (χ3n) is 5.39. The van der Waals surface area contributed by atoms with Gasteiger partial charge in [-0.15, -0.1) is 0 Å². The van der Waals surface area contributed by atoms with Crippen LogP contribution in [-0.4, -0.2) is 37.0 Å². The molecule has 6 nitrogen and oxygen atoms in total. The second-order valence-corrected chi connectivity index (χ2v) is 9.28. The molecule has 1 N–H and O–H groups in total. The number of aliphatic hydroxyl groups is 1. The van der Waals surface area contributed by atoms with Gasteiger partial charge in [0.2, 0.25) is 10.0 Å². The fraction of sp³-hybridized carbons (Fsp3) is 0.348. The maximum Gasteiger partial charge on any atom is 0.338 e. The number of hydrogen-bond donors (Lipinski definition) is 1. The molecule has 2 aromatic carbocycles. The Morgan fingerprint density at radius 2 is 1.77 bits per heavy atom. The molecule has 0 saturated heterocycles. The molecule has 0 amide bonds. The molecule has 2 aromatic rings.